The molecule has 3 heterocycles. The molecular formula is C20H17N5. The first-order valence-corrected chi connectivity index (χ1v) is 8.45. The van der Waals surface area contributed by atoms with E-state index in [1.165, 1.54) is 0 Å². The van der Waals surface area contributed by atoms with Crippen molar-refractivity contribution in [3.63, 3.8) is 0 Å². The summed E-state index contributed by atoms with van der Waals surface area (Å²) in [5, 5.41) is 29.7. The number of nitrogens with zero attached hydrogens (tertiary/aromatic N) is 4. The van der Waals surface area contributed by atoms with E-state index in [-0.39, 0.29) is 11.6 Å². The predicted molar refractivity (Wildman–Crippen MR) is 91.0 cm³/mol. The van der Waals surface area contributed by atoms with Gasteiger partial charge in [0.25, 0.3) is 0 Å². The number of benzene rings is 1. The third kappa shape index (κ3) is 1.86. The van der Waals surface area contributed by atoms with Crippen molar-refractivity contribution >= 4 is 0 Å². The smallest absolute Gasteiger partial charge is 0.196 e. The van der Waals surface area contributed by atoms with Crippen LogP contribution in [0.2, 0.25) is 0 Å². The van der Waals surface area contributed by atoms with Crippen LogP contribution in [-0.2, 0) is 0 Å². The predicted octanol–water partition coefficient (Wildman–Crippen LogP) is 2.53. The van der Waals surface area contributed by atoms with Crippen molar-refractivity contribution in [3.8, 4) is 18.2 Å². The zero-order chi connectivity index (χ0) is 17.6. The Morgan fingerprint density at radius 2 is 1.68 bits per heavy atom. The molecule has 5 rings (SSSR count). The standard InChI is InChI=1S/C20H17N5/c21-10-15-16-13-6-8-25(9-7-13)18(16)17(14-4-2-1-3-5-14)20(11-22,12-23)19(15)24/h1-5,13,17H,6-9,24H2. The zero-order valence-electron chi connectivity index (χ0n) is 13.7. The number of hydrogen-bond donors (Lipinski definition) is 1. The van der Waals surface area contributed by atoms with Crippen molar-refractivity contribution in [1.29, 1.82) is 15.8 Å². The molecule has 1 atom stereocenters. The minimum atomic E-state index is -1.55. The second-order valence-corrected chi connectivity index (χ2v) is 6.84. The first-order chi connectivity index (χ1) is 12.2. The van der Waals surface area contributed by atoms with Gasteiger partial charge in [-0.2, -0.15) is 15.8 Å². The Hall–Kier alpha value is -3.23. The Bertz CT molecular complexity index is 898. The number of piperidine rings is 1. The first kappa shape index (κ1) is 15.3. The van der Waals surface area contributed by atoms with Gasteiger partial charge in [0, 0.05) is 18.8 Å². The van der Waals surface area contributed by atoms with Crippen molar-refractivity contribution in [2.75, 3.05) is 13.1 Å². The minimum absolute atomic E-state index is 0.112. The summed E-state index contributed by atoms with van der Waals surface area (Å²) in [4.78, 5) is 2.25. The van der Waals surface area contributed by atoms with Gasteiger partial charge in [0.1, 0.15) is 6.07 Å². The second-order valence-electron chi connectivity index (χ2n) is 6.84. The van der Waals surface area contributed by atoms with Crippen molar-refractivity contribution in [2.24, 2.45) is 17.1 Å². The van der Waals surface area contributed by atoms with Crippen LogP contribution in [0.4, 0.5) is 0 Å². The maximum atomic E-state index is 9.98. The molecule has 0 saturated carbocycles. The quantitative estimate of drug-likeness (QED) is 0.854. The summed E-state index contributed by atoms with van der Waals surface area (Å²) in [5.74, 6) is -0.173. The second kappa shape index (κ2) is 5.40. The highest BCUT2D eigenvalue weighted by atomic mass is 15.2. The molecule has 2 N–H and O–H groups in total. The van der Waals surface area contributed by atoms with Gasteiger partial charge in [0.2, 0.25) is 0 Å². The lowest BCUT2D eigenvalue weighted by atomic mass is 9.60. The van der Waals surface area contributed by atoms with E-state index in [0.29, 0.717) is 5.57 Å². The summed E-state index contributed by atoms with van der Waals surface area (Å²) < 4.78 is 0. The maximum absolute atomic E-state index is 9.98. The monoisotopic (exact) mass is 327 g/mol. The fourth-order valence-electron chi connectivity index (χ4n) is 4.61. The van der Waals surface area contributed by atoms with Gasteiger partial charge in [-0.05, 0) is 29.9 Å². The molecule has 4 aliphatic rings. The third-order valence-corrected chi connectivity index (χ3v) is 5.79. The molecule has 1 fully saturated rings. The van der Waals surface area contributed by atoms with Gasteiger partial charge in [-0.15, -0.1) is 0 Å². The van der Waals surface area contributed by atoms with Gasteiger partial charge in [-0.25, -0.2) is 0 Å². The van der Waals surface area contributed by atoms with E-state index in [4.69, 9.17) is 5.73 Å². The van der Waals surface area contributed by atoms with Crippen LogP contribution in [0.25, 0.3) is 0 Å². The molecule has 1 aromatic carbocycles. The molecule has 1 aliphatic carbocycles. The zero-order valence-corrected chi connectivity index (χ0v) is 13.7. The summed E-state index contributed by atoms with van der Waals surface area (Å²) in [6.07, 6.45) is 1.98. The van der Waals surface area contributed by atoms with Crippen LogP contribution in [0.15, 0.2) is 52.9 Å². The Balaban J connectivity index is 2.07. The van der Waals surface area contributed by atoms with Gasteiger partial charge in [-0.3, -0.25) is 0 Å². The number of allylic oxidation sites excluding steroid dienone is 4. The van der Waals surface area contributed by atoms with Gasteiger partial charge >= 0.3 is 0 Å². The van der Waals surface area contributed by atoms with Crippen LogP contribution in [0.1, 0.15) is 24.3 Å². The van der Waals surface area contributed by atoms with Crippen LogP contribution >= 0.6 is 0 Å². The number of nitrogens with two attached hydrogens (primary N) is 1. The maximum Gasteiger partial charge on any atom is 0.196 e. The van der Waals surface area contributed by atoms with Gasteiger partial charge in [0.15, 0.2) is 5.41 Å². The Morgan fingerprint density at radius 1 is 1.04 bits per heavy atom. The first-order valence-electron chi connectivity index (χ1n) is 8.45. The summed E-state index contributed by atoms with van der Waals surface area (Å²) >= 11 is 0. The normalized spacial score (nSPS) is 24.4. The molecule has 0 amide bonds. The van der Waals surface area contributed by atoms with Gasteiger partial charge in [-0.1, -0.05) is 30.3 Å². The van der Waals surface area contributed by atoms with E-state index >= 15 is 0 Å². The molecule has 1 saturated heterocycles. The third-order valence-electron chi connectivity index (χ3n) is 5.79. The summed E-state index contributed by atoms with van der Waals surface area (Å²) in [6.45, 7) is 1.80. The number of rotatable bonds is 1. The number of nitriles is 3. The molecule has 3 aliphatic heterocycles. The Labute approximate surface area is 146 Å². The van der Waals surface area contributed by atoms with Crippen molar-refractivity contribution in [1.82, 2.24) is 4.90 Å². The number of hydrogen-bond acceptors (Lipinski definition) is 5. The molecule has 122 valence electrons. The lowest BCUT2D eigenvalue weighted by molar-refractivity contribution is 0.181. The van der Waals surface area contributed by atoms with Crippen molar-refractivity contribution < 1.29 is 0 Å². The van der Waals surface area contributed by atoms with E-state index in [0.717, 1.165) is 42.8 Å². The molecular weight excluding hydrogens is 310 g/mol. The molecule has 1 unspecified atom stereocenters. The van der Waals surface area contributed by atoms with E-state index < -0.39 is 11.3 Å². The minimum Gasteiger partial charge on any atom is -0.399 e. The van der Waals surface area contributed by atoms with E-state index in [1.807, 2.05) is 30.3 Å². The Kier molecular flexibility index (Phi) is 3.31. The molecule has 25 heavy (non-hydrogen) atoms. The lowest BCUT2D eigenvalue weighted by Crippen LogP contribution is -2.49. The Morgan fingerprint density at radius 3 is 2.24 bits per heavy atom. The molecule has 0 aromatic heterocycles. The van der Waals surface area contributed by atoms with E-state index in [9.17, 15) is 15.8 Å². The fourth-order valence-corrected chi connectivity index (χ4v) is 4.61. The SMILES string of the molecule is N#CC1=C(N)C(C#N)(C#N)C(c2ccccc2)C2=C1C1CCN2CC1. The van der Waals surface area contributed by atoms with E-state index in [2.05, 4.69) is 23.1 Å². The van der Waals surface area contributed by atoms with Gasteiger partial charge in [0.05, 0.1) is 29.3 Å². The van der Waals surface area contributed by atoms with Crippen LogP contribution < -0.4 is 5.73 Å². The van der Waals surface area contributed by atoms with Crippen LogP contribution in [0, 0.1) is 45.3 Å². The number of fused-ring (bicyclic) bond motifs is 2. The average Bonchev–Trinajstić information content (AvgIpc) is 2.68. The molecule has 5 nitrogen and oxygen atoms in total. The highest BCUT2D eigenvalue weighted by Crippen LogP contribution is 2.56. The molecule has 0 radical (unpaired) electrons. The lowest BCUT2D eigenvalue weighted by Gasteiger charge is -2.51. The van der Waals surface area contributed by atoms with E-state index in [1.54, 1.807) is 0 Å². The van der Waals surface area contributed by atoms with Gasteiger partial charge < -0.3 is 10.6 Å². The molecule has 1 aromatic rings. The van der Waals surface area contributed by atoms with Crippen LogP contribution in [0.3, 0.4) is 0 Å². The van der Waals surface area contributed by atoms with Crippen LogP contribution in [-0.4, -0.2) is 18.0 Å². The van der Waals surface area contributed by atoms with Crippen LogP contribution in [0.5, 0.6) is 0 Å². The fraction of sp³-hybridized carbons (Fsp3) is 0.350. The van der Waals surface area contributed by atoms with Crippen molar-refractivity contribution in [2.45, 2.75) is 18.8 Å². The topological polar surface area (TPSA) is 101 Å². The highest BCUT2D eigenvalue weighted by molar-refractivity contribution is 5.63. The van der Waals surface area contributed by atoms with Crippen molar-refractivity contribution in [3.05, 3.63) is 58.4 Å². The summed E-state index contributed by atoms with van der Waals surface area (Å²) in [6, 6.07) is 16.1. The summed E-state index contributed by atoms with van der Waals surface area (Å²) in [7, 11) is 0. The highest BCUT2D eigenvalue weighted by Gasteiger charge is 2.55. The average molecular weight is 327 g/mol. The summed E-state index contributed by atoms with van der Waals surface area (Å²) in [5.41, 5.74) is 8.04. The molecule has 2 bridgehead atoms. The largest absolute Gasteiger partial charge is 0.399 e. The molecule has 0 spiro atoms. The molecule has 5 heteroatoms.